The molecular weight excluding hydrogens is 272 g/mol. The molecule has 0 N–H and O–H groups in total. The summed E-state index contributed by atoms with van der Waals surface area (Å²) in [7, 11) is 0. The van der Waals surface area contributed by atoms with Crippen molar-refractivity contribution in [2.45, 2.75) is 18.9 Å². The van der Waals surface area contributed by atoms with E-state index in [1.807, 2.05) is 0 Å². The fourth-order valence-corrected chi connectivity index (χ4v) is 1.86. The summed E-state index contributed by atoms with van der Waals surface area (Å²) in [4.78, 5) is 7.41. The number of pyridine rings is 1. The van der Waals surface area contributed by atoms with Crippen LogP contribution >= 0.6 is 15.9 Å². The highest BCUT2D eigenvalue weighted by Crippen LogP contribution is 2.29. The van der Waals surface area contributed by atoms with Crippen molar-refractivity contribution in [2.24, 2.45) is 0 Å². The van der Waals surface area contributed by atoms with Gasteiger partial charge in [0, 0.05) is 12.8 Å². The molecular formula is C11H11BrN2O2. The van der Waals surface area contributed by atoms with Gasteiger partial charge in [0.05, 0.1) is 13.2 Å². The summed E-state index contributed by atoms with van der Waals surface area (Å²) < 4.78 is 11.7. The van der Waals surface area contributed by atoms with Crippen molar-refractivity contribution in [2.75, 3.05) is 13.2 Å². The maximum atomic E-state index is 7.04. The highest BCUT2D eigenvalue weighted by atomic mass is 79.9. The zero-order valence-electron chi connectivity index (χ0n) is 8.65. The van der Waals surface area contributed by atoms with Crippen LogP contribution < -0.4 is 4.74 Å². The van der Waals surface area contributed by atoms with Crippen molar-refractivity contribution < 1.29 is 9.47 Å². The standard InChI is InChI=1S/C11H11BrN2O2/c1-13-11-9(2-3-10(12)14-11)16-8-4-6-15-7-5-8/h2-3,8H,4-7H2. The molecule has 0 amide bonds. The molecule has 0 radical (unpaired) electrons. The Morgan fingerprint density at radius 1 is 1.44 bits per heavy atom. The van der Waals surface area contributed by atoms with Gasteiger partial charge in [0.2, 0.25) is 0 Å². The minimum atomic E-state index is 0.136. The summed E-state index contributed by atoms with van der Waals surface area (Å²) in [5.74, 6) is 0.867. The summed E-state index contributed by atoms with van der Waals surface area (Å²) in [6, 6.07) is 3.56. The van der Waals surface area contributed by atoms with E-state index in [1.165, 1.54) is 0 Å². The first kappa shape index (κ1) is 11.4. The second-order valence-electron chi connectivity index (χ2n) is 3.50. The van der Waals surface area contributed by atoms with E-state index < -0.39 is 0 Å². The summed E-state index contributed by atoms with van der Waals surface area (Å²) in [6.07, 6.45) is 1.87. The minimum Gasteiger partial charge on any atom is -0.499 e. The first-order valence-electron chi connectivity index (χ1n) is 5.08. The van der Waals surface area contributed by atoms with Crippen molar-refractivity contribution in [1.29, 1.82) is 0 Å². The molecule has 0 aromatic carbocycles. The molecule has 1 aromatic rings. The van der Waals surface area contributed by atoms with Gasteiger partial charge in [-0.15, -0.1) is 4.98 Å². The number of halogens is 1. The summed E-state index contributed by atoms with van der Waals surface area (Å²) in [5.41, 5.74) is 0. The van der Waals surface area contributed by atoms with E-state index in [-0.39, 0.29) is 6.10 Å². The Morgan fingerprint density at radius 2 is 2.19 bits per heavy atom. The van der Waals surface area contributed by atoms with Crippen LogP contribution in [0.5, 0.6) is 5.75 Å². The second kappa shape index (κ2) is 5.28. The molecule has 1 aliphatic rings. The maximum absolute atomic E-state index is 7.04. The lowest BCUT2D eigenvalue weighted by Gasteiger charge is -2.23. The van der Waals surface area contributed by atoms with Crippen molar-refractivity contribution in [1.82, 2.24) is 4.98 Å². The Kier molecular flexibility index (Phi) is 3.75. The molecule has 1 fully saturated rings. The molecule has 1 aromatic heterocycles. The number of rotatable bonds is 2. The van der Waals surface area contributed by atoms with Gasteiger partial charge in [-0.25, -0.2) is 0 Å². The largest absolute Gasteiger partial charge is 0.499 e. The van der Waals surface area contributed by atoms with Gasteiger partial charge in [0.25, 0.3) is 0 Å². The van der Waals surface area contributed by atoms with Crippen LogP contribution in [0, 0.1) is 6.57 Å². The highest BCUT2D eigenvalue weighted by Gasteiger charge is 2.17. The van der Waals surface area contributed by atoms with E-state index in [1.54, 1.807) is 12.1 Å². The molecule has 0 unspecified atom stereocenters. The monoisotopic (exact) mass is 282 g/mol. The summed E-state index contributed by atoms with van der Waals surface area (Å²) >= 11 is 3.23. The predicted molar refractivity (Wildman–Crippen MR) is 62.7 cm³/mol. The highest BCUT2D eigenvalue weighted by molar-refractivity contribution is 9.10. The topological polar surface area (TPSA) is 35.7 Å². The molecule has 0 saturated carbocycles. The van der Waals surface area contributed by atoms with Gasteiger partial charge in [-0.1, -0.05) is 6.57 Å². The van der Waals surface area contributed by atoms with E-state index in [9.17, 15) is 0 Å². The minimum absolute atomic E-state index is 0.136. The van der Waals surface area contributed by atoms with Crippen molar-refractivity contribution in [3.8, 4) is 5.75 Å². The maximum Gasteiger partial charge on any atom is 0.313 e. The quantitative estimate of drug-likeness (QED) is 0.618. The van der Waals surface area contributed by atoms with Crippen molar-refractivity contribution in [3.05, 3.63) is 28.2 Å². The van der Waals surface area contributed by atoms with E-state index in [4.69, 9.17) is 16.0 Å². The van der Waals surface area contributed by atoms with E-state index in [0.29, 0.717) is 16.2 Å². The SMILES string of the molecule is [C-]#[N+]c1nc(Br)ccc1OC1CCOCC1. The second-order valence-corrected chi connectivity index (χ2v) is 4.31. The zero-order chi connectivity index (χ0) is 11.4. The lowest BCUT2D eigenvalue weighted by atomic mass is 10.1. The predicted octanol–water partition coefficient (Wildman–Crippen LogP) is 2.95. The average Bonchev–Trinajstić information content (AvgIpc) is 2.33. The molecule has 2 rings (SSSR count). The van der Waals surface area contributed by atoms with Crippen LogP contribution in [0.25, 0.3) is 4.85 Å². The van der Waals surface area contributed by atoms with E-state index in [0.717, 1.165) is 26.1 Å². The van der Waals surface area contributed by atoms with Crippen LogP contribution in [0.2, 0.25) is 0 Å². The van der Waals surface area contributed by atoms with Crippen molar-refractivity contribution >= 4 is 21.7 Å². The number of nitrogens with zero attached hydrogens (tertiary/aromatic N) is 2. The van der Waals surface area contributed by atoms with Crippen LogP contribution in [-0.4, -0.2) is 24.3 Å². The third-order valence-electron chi connectivity index (χ3n) is 2.37. The first-order chi connectivity index (χ1) is 7.79. The third-order valence-corrected chi connectivity index (χ3v) is 2.81. The lowest BCUT2D eigenvalue weighted by molar-refractivity contribution is 0.0258. The molecule has 0 bridgehead atoms. The molecule has 1 aliphatic heterocycles. The summed E-state index contributed by atoms with van der Waals surface area (Å²) in [6.45, 7) is 8.48. The number of hydrogen-bond donors (Lipinski definition) is 0. The van der Waals surface area contributed by atoms with E-state index in [2.05, 4.69) is 25.8 Å². The Labute approximate surface area is 103 Å². The van der Waals surface area contributed by atoms with Gasteiger partial charge in [0.1, 0.15) is 11.9 Å². The molecule has 0 aliphatic carbocycles. The van der Waals surface area contributed by atoms with E-state index >= 15 is 0 Å². The van der Waals surface area contributed by atoms with Crippen LogP contribution in [0.4, 0.5) is 5.82 Å². The molecule has 0 atom stereocenters. The molecule has 0 spiro atoms. The van der Waals surface area contributed by atoms with Gasteiger partial charge < -0.3 is 14.3 Å². The molecule has 2 heterocycles. The Morgan fingerprint density at radius 3 is 2.88 bits per heavy atom. The summed E-state index contributed by atoms with van der Waals surface area (Å²) in [5, 5.41) is 0. The smallest absolute Gasteiger partial charge is 0.313 e. The number of aromatic nitrogens is 1. The number of hydrogen-bond acceptors (Lipinski definition) is 3. The fraction of sp³-hybridized carbons (Fsp3) is 0.455. The Bertz CT molecular complexity index is 411. The lowest BCUT2D eigenvalue weighted by Crippen LogP contribution is -2.25. The molecule has 5 heteroatoms. The van der Waals surface area contributed by atoms with Crippen LogP contribution in [0.1, 0.15) is 12.8 Å². The average molecular weight is 283 g/mol. The zero-order valence-corrected chi connectivity index (χ0v) is 10.2. The third kappa shape index (κ3) is 2.71. The fourth-order valence-electron chi connectivity index (χ4n) is 1.56. The van der Waals surface area contributed by atoms with Crippen LogP contribution in [0.3, 0.4) is 0 Å². The van der Waals surface area contributed by atoms with Gasteiger partial charge in [-0.3, -0.25) is 0 Å². The van der Waals surface area contributed by atoms with Crippen molar-refractivity contribution in [3.63, 3.8) is 0 Å². The van der Waals surface area contributed by atoms with Gasteiger partial charge >= 0.3 is 5.82 Å². The van der Waals surface area contributed by atoms with Gasteiger partial charge in [-0.05, 0) is 28.1 Å². The molecule has 84 valence electrons. The van der Waals surface area contributed by atoms with Crippen LogP contribution in [0.15, 0.2) is 16.7 Å². The van der Waals surface area contributed by atoms with Gasteiger partial charge in [-0.2, -0.15) is 0 Å². The number of ether oxygens (including phenoxy) is 2. The normalized spacial score (nSPS) is 16.8. The Balaban J connectivity index is 2.11. The molecule has 16 heavy (non-hydrogen) atoms. The molecule has 4 nitrogen and oxygen atoms in total. The first-order valence-corrected chi connectivity index (χ1v) is 5.87. The van der Waals surface area contributed by atoms with Crippen LogP contribution in [-0.2, 0) is 4.74 Å². The van der Waals surface area contributed by atoms with Gasteiger partial charge in [0.15, 0.2) is 4.60 Å². The molecule has 1 saturated heterocycles. The Hall–Kier alpha value is -1.12.